The van der Waals surface area contributed by atoms with Gasteiger partial charge in [-0.2, -0.15) is 0 Å². The fourth-order valence-corrected chi connectivity index (χ4v) is 3.14. The highest BCUT2D eigenvalue weighted by molar-refractivity contribution is 6.36. The molecule has 0 spiro atoms. The van der Waals surface area contributed by atoms with E-state index in [2.05, 4.69) is 0 Å². The number of carbonyl (C=O) groups excluding carboxylic acids is 2. The molecule has 0 bridgehead atoms. The highest BCUT2D eigenvalue weighted by Crippen LogP contribution is 2.34. The molecule has 0 unspecified atom stereocenters. The van der Waals surface area contributed by atoms with Crippen molar-refractivity contribution in [2.45, 2.75) is 0 Å². The molecule has 1 N–H and O–H groups in total. The minimum absolute atomic E-state index is 0.0243. The Balaban J connectivity index is 2.01. The summed E-state index contributed by atoms with van der Waals surface area (Å²) >= 11 is 0. The minimum atomic E-state index is -1.13. The van der Waals surface area contributed by atoms with E-state index in [0.29, 0.717) is 10.8 Å². The number of carbonyl (C=O) groups is 3. The van der Waals surface area contributed by atoms with Crippen LogP contribution in [0.1, 0.15) is 31.1 Å². The van der Waals surface area contributed by atoms with E-state index in [-0.39, 0.29) is 28.1 Å². The van der Waals surface area contributed by atoms with Gasteiger partial charge in [-0.25, -0.2) is 9.69 Å². The van der Waals surface area contributed by atoms with Crippen molar-refractivity contribution >= 4 is 34.2 Å². The maximum absolute atomic E-state index is 12.9. The molecule has 1 aliphatic heterocycles. The zero-order valence-electron chi connectivity index (χ0n) is 12.7. The van der Waals surface area contributed by atoms with Crippen LogP contribution in [0, 0.1) is 0 Å². The maximum Gasteiger partial charge on any atom is 0.336 e. The van der Waals surface area contributed by atoms with E-state index in [0.717, 1.165) is 4.90 Å². The Morgan fingerprint density at radius 1 is 0.920 bits per heavy atom. The quantitative estimate of drug-likeness (QED) is 0.727. The van der Waals surface area contributed by atoms with Crippen LogP contribution >= 0.6 is 0 Å². The summed E-state index contributed by atoms with van der Waals surface area (Å²) in [6.45, 7) is 0. The van der Waals surface area contributed by atoms with Crippen LogP contribution < -0.4 is 10.0 Å². The van der Waals surface area contributed by atoms with Gasteiger partial charge in [-0.05, 0) is 35.7 Å². The molecule has 122 valence electrons. The zero-order valence-corrected chi connectivity index (χ0v) is 12.7. The van der Waals surface area contributed by atoms with Crippen LogP contribution in [0.4, 0.5) is 5.69 Å². The van der Waals surface area contributed by atoms with Gasteiger partial charge in [-0.15, -0.1) is 5.75 Å². The van der Waals surface area contributed by atoms with E-state index in [9.17, 15) is 24.6 Å². The molecule has 0 saturated heterocycles. The third-order valence-electron chi connectivity index (χ3n) is 4.21. The molecular weight excluding hydrogens is 322 g/mol. The number of amides is 2. The topological polar surface area (TPSA) is 97.7 Å². The fourth-order valence-electron chi connectivity index (χ4n) is 3.14. The molecule has 6 heteroatoms. The van der Waals surface area contributed by atoms with Crippen LogP contribution in [0.3, 0.4) is 0 Å². The number of imide groups is 1. The number of hydrogen-bond acceptors (Lipinski definition) is 4. The van der Waals surface area contributed by atoms with Crippen LogP contribution in [0.2, 0.25) is 0 Å². The smallest absolute Gasteiger partial charge is 0.336 e. The van der Waals surface area contributed by atoms with Crippen LogP contribution in [0.5, 0.6) is 5.75 Å². The number of rotatable bonds is 2. The van der Waals surface area contributed by atoms with E-state index in [1.807, 2.05) is 0 Å². The van der Waals surface area contributed by atoms with Crippen molar-refractivity contribution in [2.75, 3.05) is 4.90 Å². The molecule has 0 radical (unpaired) electrons. The van der Waals surface area contributed by atoms with Gasteiger partial charge in [0, 0.05) is 16.5 Å². The van der Waals surface area contributed by atoms with Gasteiger partial charge in [0.2, 0.25) is 0 Å². The van der Waals surface area contributed by atoms with Gasteiger partial charge in [0.1, 0.15) is 0 Å². The molecule has 3 aromatic rings. The molecule has 6 nitrogen and oxygen atoms in total. The summed E-state index contributed by atoms with van der Waals surface area (Å²) in [5, 5.41) is 21.6. The first-order valence-electron chi connectivity index (χ1n) is 7.44. The summed E-state index contributed by atoms with van der Waals surface area (Å²) in [6, 6.07) is 13.0. The summed E-state index contributed by atoms with van der Waals surface area (Å²) in [5.74, 6) is -2.62. The van der Waals surface area contributed by atoms with Gasteiger partial charge in [0.25, 0.3) is 11.8 Å². The molecule has 0 aliphatic carbocycles. The van der Waals surface area contributed by atoms with Gasteiger partial charge in [0.15, 0.2) is 0 Å². The second-order valence-electron chi connectivity index (χ2n) is 5.64. The Morgan fingerprint density at radius 2 is 1.60 bits per heavy atom. The van der Waals surface area contributed by atoms with Crippen molar-refractivity contribution < 1.29 is 24.6 Å². The highest BCUT2D eigenvalue weighted by atomic mass is 16.4. The molecule has 0 atom stereocenters. The summed E-state index contributed by atoms with van der Waals surface area (Å²) in [6.07, 6.45) is 0. The molecule has 1 heterocycles. The van der Waals surface area contributed by atoms with Crippen LogP contribution in [0.25, 0.3) is 10.8 Å². The van der Waals surface area contributed by atoms with Gasteiger partial charge < -0.3 is 10.2 Å². The lowest BCUT2D eigenvalue weighted by molar-refractivity contribution is -0.268. The summed E-state index contributed by atoms with van der Waals surface area (Å²) in [4.78, 5) is 38.1. The lowest BCUT2D eigenvalue weighted by atomic mass is 9.91. The Kier molecular flexibility index (Phi) is 3.08. The monoisotopic (exact) mass is 332 g/mol. The lowest BCUT2D eigenvalue weighted by Crippen LogP contribution is -2.40. The number of carboxylic acid groups (broad SMARTS) is 1. The highest BCUT2D eigenvalue weighted by Gasteiger charge is 2.34. The van der Waals surface area contributed by atoms with Crippen molar-refractivity contribution in [1.82, 2.24) is 0 Å². The van der Waals surface area contributed by atoms with E-state index in [1.54, 1.807) is 18.2 Å². The number of hydrogen-bond donors (Lipinski definition) is 1. The molecule has 0 saturated carbocycles. The Bertz CT molecular complexity index is 1060. The molecule has 0 aromatic heterocycles. The largest absolute Gasteiger partial charge is 0.872 e. The average Bonchev–Trinajstić information content (AvgIpc) is 2.59. The summed E-state index contributed by atoms with van der Waals surface area (Å²) in [5.41, 5.74) is 0.668. The number of carboxylic acids is 1. The Hall–Kier alpha value is -3.67. The first-order chi connectivity index (χ1) is 12.0. The molecule has 25 heavy (non-hydrogen) atoms. The Morgan fingerprint density at radius 3 is 2.28 bits per heavy atom. The molecule has 3 aromatic carbocycles. The lowest BCUT2D eigenvalue weighted by Gasteiger charge is -2.28. The molecule has 1 aliphatic rings. The molecule has 2 amide bonds. The molecular formula is C19H10NO5-. The van der Waals surface area contributed by atoms with E-state index in [4.69, 9.17) is 0 Å². The number of anilines is 1. The SMILES string of the molecule is O=C(O)c1ccc2c3c(cccc13)C(=O)N(c1cccc([O-])c1)C2=O. The van der Waals surface area contributed by atoms with Crippen molar-refractivity contribution in [2.24, 2.45) is 0 Å². The zero-order chi connectivity index (χ0) is 17.7. The number of aromatic carboxylic acids is 1. The first-order valence-corrected chi connectivity index (χ1v) is 7.44. The van der Waals surface area contributed by atoms with Crippen molar-refractivity contribution in [3.05, 3.63) is 71.3 Å². The van der Waals surface area contributed by atoms with Crippen molar-refractivity contribution in [1.29, 1.82) is 0 Å². The van der Waals surface area contributed by atoms with Crippen LogP contribution in [-0.2, 0) is 0 Å². The molecule has 0 fully saturated rings. The van der Waals surface area contributed by atoms with E-state index >= 15 is 0 Å². The second kappa shape index (κ2) is 5.17. The predicted molar refractivity (Wildman–Crippen MR) is 87.9 cm³/mol. The standard InChI is InChI=1S/C19H11NO5/c21-11-4-1-3-10(9-11)20-17(22)14-6-2-5-12-13(19(24)25)7-8-15(16(12)14)18(20)23/h1-9,21H,(H,24,25)/p-1. The number of benzene rings is 3. The molecule has 4 rings (SSSR count). The Labute approximate surface area is 141 Å². The second-order valence-corrected chi connectivity index (χ2v) is 5.64. The van der Waals surface area contributed by atoms with Gasteiger partial charge in [-0.1, -0.05) is 24.3 Å². The van der Waals surface area contributed by atoms with Gasteiger partial charge >= 0.3 is 5.97 Å². The average molecular weight is 332 g/mol. The predicted octanol–water partition coefficient (Wildman–Crippen LogP) is 2.41. The minimum Gasteiger partial charge on any atom is -0.872 e. The van der Waals surface area contributed by atoms with Gasteiger partial charge in [0.05, 0.1) is 11.3 Å². The normalized spacial score (nSPS) is 13.4. The third-order valence-corrected chi connectivity index (χ3v) is 4.21. The third kappa shape index (κ3) is 2.08. The first kappa shape index (κ1) is 14.9. The van der Waals surface area contributed by atoms with Crippen molar-refractivity contribution in [3.63, 3.8) is 0 Å². The number of nitrogens with zero attached hydrogens (tertiary/aromatic N) is 1. The van der Waals surface area contributed by atoms with Crippen molar-refractivity contribution in [3.8, 4) is 5.75 Å². The van der Waals surface area contributed by atoms with E-state index in [1.165, 1.54) is 36.4 Å². The van der Waals surface area contributed by atoms with Crippen LogP contribution in [-0.4, -0.2) is 22.9 Å². The maximum atomic E-state index is 12.9. The summed E-state index contributed by atoms with van der Waals surface area (Å²) < 4.78 is 0. The van der Waals surface area contributed by atoms with E-state index < -0.39 is 17.8 Å². The summed E-state index contributed by atoms with van der Waals surface area (Å²) in [7, 11) is 0. The fraction of sp³-hybridized carbons (Fsp3) is 0. The van der Waals surface area contributed by atoms with Gasteiger partial charge in [-0.3, -0.25) is 9.59 Å². The van der Waals surface area contributed by atoms with Crippen LogP contribution in [0.15, 0.2) is 54.6 Å².